The smallest absolute Gasteiger partial charge is 0.123 e. The van der Waals surface area contributed by atoms with Gasteiger partial charge in [0.1, 0.15) is 8.07 Å². The third kappa shape index (κ3) is 7.13. The highest BCUT2D eigenvalue weighted by Crippen LogP contribution is 2.11. The average Bonchev–Trinajstić information content (AvgIpc) is 2.85. The summed E-state index contributed by atoms with van der Waals surface area (Å²) in [6, 6.07) is 2.22. The van der Waals surface area contributed by atoms with E-state index in [9.17, 15) is 0 Å². The second-order valence-corrected chi connectivity index (χ2v) is 11.8. The fourth-order valence-corrected chi connectivity index (χ4v) is 3.28. The molecule has 0 N–H and O–H groups in total. The van der Waals surface area contributed by atoms with Gasteiger partial charge in [-0.3, -0.25) is 0 Å². The molecule has 1 aromatic heterocycles. The molecule has 0 spiro atoms. The van der Waals surface area contributed by atoms with Crippen molar-refractivity contribution >= 4 is 19.5 Å². The van der Waals surface area contributed by atoms with Gasteiger partial charge < -0.3 is 4.42 Å². The largest absolute Gasteiger partial charge is 0.474 e. The molecule has 0 saturated heterocycles. The van der Waals surface area contributed by atoms with E-state index in [-0.39, 0.29) is 0 Å². The van der Waals surface area contributed by atoms with E-state index in [1.165, 1.54) is 62.3 Å². The van der Waals surface area contributed by atoms with Gasteiger partial charge in [0.05, 0.1) is 11.6 Å². The van der Waals surface area contributed by atoms with Crippen LogP contribution in [0.2, 0.25) is 19.6 Å². The van der Waals surface area contributed by atoms with Crippen LogP contribution in [0.25, 0.3) is 6.08 Å². The first kappa shape index (κ1) is 17.3. The number of hydrogen-bond acceptors (Lipinski definition) is 1. The zero-order chi connectivity index (χ0) is 14.8. The maximum Gasteiger partial charge on any atom is 0.123 e. The maximum absolute atomic E-state index is 5.67. The van der Waals surface area contributed by atoms with Gasteiger partial charge in [-0.15, -0.1) is 0 Å². The molecule has 0 fully saturated rings. The van der Waals surface area contributed by atoms with Gasteiger partial charge in [0, 0.05) is 5.56 Å². The summed E-state index contributed by atoms with van der Waals surface area (Å²) in [5, 5.41) is 1.20. The Balaban J connectivity index is 2.14. The van der Waals surface area contributed by atoms with Gasteiger partial charge in [0.2, 0.25) is 0 Å². The number of rotatable bonds is 10. The van der Waals surface area contributed by atoms with E-state index in [1.807, 2.05) is 6.26 Å². The van der Waals surface area contributed by atoms with Crippen molar-refractivity contribution in [3.8, 4) is 0 Å². The van der Waals surface area contributed by atoms with Crippen LogP contribution >= 0.6 is 0 Å². The van der Waals surface area contributed by atoms with Crippen LogP contribution in [0.1, 0.15) is 63.9 Å². The Hall–Kier alpha value is -0.763. The average molecular weight is 293 g/mol. The molecule has 114 valence electrons. The van der Waals surface area contributed by atoms with Crippen LogP contribution in [0.4, 0.5) is 0 Å². The summed E-state index contributed by atoms with van der Waals surface area (Å²) in [6.07, 6.45) is 17.3. The number of hydrogen-bond donors (Lipinski definition) is 0. The van der Waals surface area contributed by atoms with Crippen LogP contribution in [0, 0.1) is 0 Å². The van der Waals surface area contributed by atoms with Gasteiger partial charge in [0.25, 0.3) is 0 Å². The van der Waals surface area contributed by atoms with Crippen molar-refractivity contribution in [2.45, 2.75) is 77.9 Å². The van der Waals surface area contributed by atoms with E-state index < -0.39 is 8.07 Å². The molecule has 20 heavy (non-hydrogen) atoms. The zero-order valence-electron chi connectivity index (χ0n) is 13.9. The molecular formula is C18H32OSi. The highest BCUT2D eigenvalue weighted by Gasteiger charge is 2.20. The minimum absolute atomic E-state index is 1.20. The van der Waals surface area contributed by atoms with E-state index in [1.54, 1.807) is 0 Å². The van der Waals surface area contributed by atoms with E-state index >= 15 is 0 Å². The molecule has 0 atom stereocenters. The molecule has 0 aliphatic heterocycles. The number of allylic oxidation sites excluding steroid dienone is 1. The molecule has 0 aliphatic rings. The molecule has 0 amide bonds. The van der Waals surface area contributed by atoms with Crippen molar-refractivity contribution in [2.75, 3.05) is 0 Å². The van der Waals surface area contributed by atoms with Gasteiger partial charge in [0.15, 0.2) is 0 Å². The Kier molecular flexibility index (Phi) is 7.97. The van der Waals surface area contributed by atoms with Gasteiger partial charge in [-0.1, -0.05) is 77.2 Å². The summed E-state index contributed by atoms with van der Waals surface area (Å²) in [4.78, 5) is 0. The first-order valence-corrected chi connectivity index (χ1v) is 11.8. The van der Waals surface area contributed by atoms with Crippen LogP contribution in [0.3, 0.4) is 0 Å². The molecule has 0 bridgehead atoms. The predicted octanol–water partition coefficient (Wildman–Crippen LogP) is 5.98. The van der Waals surface area contributed by atoms with Crippen molar-refractivity contribution in [1.29, 1.82) is 0 Å². The van der Waals surface area contributed by atoms with Crippen LogP contribution in [0.15, 0.2) is 22.8 Å². The number of furan rings is 1. The summed E-state index contributed by atoms with van der Waals surface area (Å²) >= 11 is 0. The normalized spacial score (nSPS) is 12.4. The fourth-order valence-electron chi connectivity index (χ4n) is 2.27. The third-order valence-corrected chi connectivity index (χ3v) is 5.38. The SMILES string of the molecule is CCCCCCCCC/C=C/c1coc([Si](C)(C)C)c1. The first-order valence-electron chi connectivity index (χ1n) is 8.29. The lowest BCUT2D eigenvalue weighted by atomic mass is 10.1. The highest BCUT2D eigenvalue weighted by atomic mass is 28.3. The monoisotopic (exact) mass is 292 g/mol. The molecule has 2 heteroatoms. The lowest BCUT2D eigenvalue weighted by molar-refractivity contribution is 0.592. The third-order valence-electron chi connectivity index (χ3n) is 3.64. The second-order valence-electron chi connectivity index (χ2n) is 6.81. The Morgan fingerprint density at radius 2 is 1.65 bits per heavy atom. The Labute approximate surface area is 126 Å². The van der Waals surface area contributed by atoms with Crippen LogP contribution in [-0.2, 0) is 0 Å². The minimum Gasteiger partial charge on any atom is -0.474 e. The molecule has 1 nitrogen and oxygen atoms in total. The van der Waals surface area contributed by atoms with Gasteiger partial charge in [-0.05, 0) is 18.9 Å². The van der Waals surface area contributed by atoms with E-state index in [0.29, 0.717) is 0 Å². The molecule has 0 aliphatic carbocycles. The van der Waals surface area contributed by atoms with Crippen LogP contribution in [0.5, 0.6) is 0 Å². The molecular weight excluding hydrogens is 260 g/mol. The summed E-state index contributed by atoms with van der Waals surface area (Å²) in [5.74, 6) is 0. The van der Waals surface area contributed by atoms with Crippen molar-refractivity contribution in [3.05, 3.63) is 24.0 Å². The second kappa shape index (κ2) is 9.22. The molecule has 0 saturated carbocycles. The molecule has 0 radical (unpaired) electrons. The Bertz CT molecular complexity index is 384. The van der Waals surface area contributed by atoms with Gasteiger partial charge in [-0.2, -0.15) is 0 Å². The summed E-state index contributed by atoms with van der Waals surface area (Å²) in [5.41, 5.74) is 1.23. The first-order chi connectivity index (χ1) is 9.54. The van der Waals surface area contributed by atoms with Gasteiger partial charge in [-0.25, -0.2) is 0 Å². The lowest BCUT2D eigenvalue weighted by Crippen LogP contribution is -2.36. The summed E-state index contributed by atoms with van der Waals surface area (Å²) < 4.78 is 5.67. The maximum atomic E-state index is 5.67. The van der Waals surface area contributed by atoms with Crippen molar-refractivity contribution in [2.24, 2.45) is 0 Å². The quantitative estimate of drug-likeness (QED) is 0.382. The lowest BCUT2D eigenvalue weighted by Gasteiger charge is -2.10. The highest BCUT2D eigenvalue weighted by molar-refractivity contribution is 6.87. The van der Waals surface area contributed by atoms with Crippen LogP contribution < -0.4 is 5.38 Å². The van der Waals surface area contributed by atoms with Gasteiger partial charge >= 0.3 is 0 Å². The van der Waals surface area contributed by atoms with E-state index in [2.05, 4.69) is 44.8 Å². The van der Waals surface area contributed by atoms with E-state index in [4.69, 9.17) is 4.42 Å². The topological polar surface area (TPSA) is 13.1 Å². The predicted molar refractivity (Wildman–Crippen MR) is 93.3 cm³/mol. The Morgan fingerprint density at radius 1 is 1.00 bits per heavy atom. The Morgan fingerprint density at radius 3 is 2.25 bits per heavy atom. The summed E-state index contributed by atoms with van der Waals surface area (Å²) in [7, 11) is -1.29. The van der Waals surface area contributed by atoms with Crippen molar-refractivity contribution < 1.29 is 4.42 Å². The zero-order valence-corrected chi connectivity index (χ0v) is 14.9. The van der Waals surface area contributed by atoms with Crippen molar-refractivity contribution in [1.82, 2.24) is 0 Å². The molecule has 1 aromatic rings. The fraction of sp³-hybridized carbons (Fsp3) is 0.667. The van der Waals surface area contributed by atoms with E-state index in [0.717, 1.165) is 0 Å². The molecule has 1 heterocycles. The molecule has 1 rings (SSSR count). The molecule has 0 aromatic carbocycles. The van der Waals surface area contributed by atoms with Crippen LogP contribution in [-0.4, -0.2) is 8.07 Å². The van der Waals surface area contributed by atoms with Crippen molar-refractivity contribution in [3.63, 3.8) is 0 Å². The minimum atomic E-state index is -1.29. The summed E-state index contributed by atoms with van der Waals surface area (Å²) in [6.45, 7) is 9.22. The molecule has 0 unspecified atom stereocenters. The standard InChI is InChI=1S/C18H32OSi/c1-5-6-7-8-9-10-11-12-13-14-17-15-18(19-16-17)20(2,3)4/h13-16H,5-12H2,1-4H3/b14-13+. The number of unbranched alkanes of at least 4 members (excludes halogenated alkanes) is 7.